The van der Waals surface area contributed by atoms with Gasteiger partial charge in [-0.15, -0.1) is 0 Å². The highest BCUT2D eigenvalue weighted by molar-refractivity contribution is 5.99. The molecule has 10 heteroatoms. The van der Waals surface area contributed by atoms with Crippen molar-refractivity contribution in [2.45, 2.75) is 26.4 Å². The predicted octanol–water partition coefficient (Wildman–Crippen LogP) is 3.96. The molecule has 0 bridgehead atoms. The van der Waals surface area contributed by atoms with E-state index in [1.54, 1.807) is 17.9 Å². The van der Waals surface area contributed by atoms with Gasteiger partial charge >= 0.3 is 0 Å². The number of halogens is 3. The number of hydrogen-bond donors (Lipinski definition) is 0. The predicted molar refractivity (Wildman–Crippen MR) is 107 cm³/mol. The monoisotopic (exact) mass is 428 g/mol. The Morgan fingerprint density at radius 2 is 1.90 bits per heavy atom. The molecule has 7 nitrogen and oxygen atoms in total. The number of alkyl halides is 2. The molecule has 0 spiro atoms. The molecule has 31 heavy (non-hydrogen) atoms. The van der Waals surface area contributed by atoms with Crippen LogP contribution in [-0.2, 0) is 13.1 Å². The van der Waals surface area contributed by atoms with Crippen LogP contribution in [0, 0.1) is 5.82 Å². The summed E-state index contributed by atoms with van der Waals surface area (Å²) in [5.74, 6) is -0.866. The third-order valence-electron chi connectivity index (χ3n) is 4.94. The minimum atomic E-state index is -2.84. The van der Waals surface area contributed by atoms with Crippen LogP contribution in [0.1, 0.15) is 35.1 Å². The standard InChI is InChI=1S/C21H19F3N6O/c1-3-29-15(8-9-25-29)12-28(2)21(31)16-11-26-30-18(19(23)24)10-17(27-20(16)30)13-4-6-14(22)7-5-13/h4-11,19H,3,12H2,1-2H3. The number of fused-ring (bicyclic) bond motifs is 1. The number of hydrogen-bond acceptors (Lipinski definition) is 4. The SMILES string of the molecule is CCn1nccc1CN(C)C(=O)c1cnn2c(C(F)F)cc(-c3ccc(F)cc3)nc12. The van der Waals surface area contributed by atoms with E-state index >= 15 is 0 Å². The molecule has 4 rings (SSSR count). The van der Waals surface area contributed by atoms with Crippen LogP contribution >= 0.6 is 0 Å². The minimum absolute atomic E-state index is 0.0120. The van der Waals surface area contributed by atoms with Crippen LogP contribution in [-0.4, -0.2) is 42.2 Å². The van der Waals surface area contributed by atoms with Gasteiger partial charge in [0.15, 0.2) is 5.65 Å². The number of carbonyl (C=O) groups excluding carboxylic acids is 1. The molecular formula is C21H19F3N6O. The first-order valence-electron chi connectivity index (χ1n) is 9.58. The Morgan fingerprint density at radius 1 is 1.16 bits per heavy atom. The lowest BCUT2D eigenvalue weighted by molar-refractivity contribution is 0.0783. The molecule has 4 aromatic rings. The molecule has 0 fully saturated rings. The first-order chi connectivity index (χ1) is 14.9. The van der Waals surface area contributed by atoms with Gasteiger partial charge < -0.3 is 4.90 Å². The lowest BCUT2D eigenvalue weighted by Gasteiger charge is -2.17. The summed E-state index contributed by atoms with van der Waals surface area (Å²) in [6.07, 6.45) is 0.0421. The second-order valence-corrected chi connectivity index (χ2v) is 6.97. The summed E-state index contributed by atoms with van der Waals surface area (Å²) in [4.78, 5) is 18.9. The number of nitrogens with zero attached hydrogens (tertiary/aromatic N) is 6. The number of rotatable bonds is 6. The van der Waals surface area contributed by atoms with Gasteiger partial charge in [-0.05, 0) is 43.3 Å². The van der Waals surface area contributed by atoms with Crippen LogP contribution in [0.4, 0.5) is 13.2 Å². The fourth-order valence-electron chi connectivity index (χ4n) is 3.36. The third-order valence-corrected chi connectivity index (χ3v) is 4.94. The van der Waals surface area contributed by atoms with Crippen molar-refractivity contribution in [3.63, 3.8) is 0 Å². The van der Waals surface area contributed by atoms with E-state index in [9.17, 15) is 18.0 Å². The Bertz CT molecular complexity index is 1230. The molecule has 0 saturated carbocycles. The van der Waals surface area contributed by atoms with Gasteiger partial charge in [0.25, 0.3) is 12.3 Å². The maximum Gasteiger partial charge on any atom is 0.280 e. The quantitative estimate of drug-likeness (QED) is 0.466. The maximum absolute atomic E-state index is 13.7. The normalized spacial score (nSPS) is 11.4. The molecule has 0 saturated heterocycles. The Morgan fingerprint density at radius 3 is 2.58 bits per heavy atom. The molecule has 0 N–H and O–H groups in total. The van der Waals surface area contributed by atoms with E-state index in [1.165, 1.54) is 41.4 Å². The Kier molecular flexibility index (Phi) is 5.45. The zero-order chi connectivity index (χ0) is 22.1. The van der Waals surface area contributed by atoms with Crippen LogP contribution in [0.2, 0.25) is 0 Å². The van der Waals surface area contributed by atoms with Gasteiger partial charge in [0.1, 0.15) is 17.1 Å². The first kappa shape index (κ1) is 20.6. The van der Waals surface area contributed by atoms with E-state index in [1.807, 2.05) is 13.0 Å². The number of amides is 1. The van der Waals surface area contributed by atoms with E-state index in [2.05, 4.69) is 15.2 Å². The van der Waals surface area contributed by atoms with E-state index in [0.29, 0.717) is 12.1 Å². The largest absolute Gasteiger partial charge is 0.336 e. The fourth-order valence-corrected chi connectivity index (χ4v) is 3.36. The number of aryl methyl sites for hydroxylation is 1. The van der Waals surface area contributed by atoms with Crippen LogP contribution in [0.15, 0.2) is 48.8 Å². The van der Waals surface area contributed by atoms with Crippen molar-refractivity contribution in [3.8, 4) is 11.3 Å². The van der Waals surface area contributed by atoms with Crippen LogP contribution in [0.5, 0.6) is 0 Å². The summed E-state index contributed by atoms with van der Waals surface area (Å²) in [5.41, 5.74) is 1.18. The van der Waals surface area contributed by atoms with Crippen LogP contribution in [0.25, 0.3) is 16.9 Å². The molecular weight excluding hydrogens is 409 g/mol. The van der Waals surface area contributed by atoms with Gasteiger partial charge in [-0.25, -0.2) is 22.7 Å². The molecule has 0 radical (unpaired) electrons. The Hall–Kier alpha value is -3.69. The average molecular weight is 428 g/mol. The van der Waals surface area contributed by atoms with Gasteiger partial charge in [0.05, 0.1) is 24.1 Å². The van der Waals surface area contributed by atoms with Crippen molar-refractivity contribution in [1.29, 1.82) is 0 Å². The number of benzene rings is 1. The van der Waals surface area contributed by atoms with E-state index in [0.717, 1.165) is 10.2 Å². The van der Waals surface area contributed by atoms with Gasteiger partial charge in [0.2, 0.25) is 0 Å². The Balaban J connectivity index is 1.75. The second kappa shape index (κ2) is 8.21. The Labute approximate surface area is 175 Å². The molecule has 0 unspecified atom stereocenters. The van der Waals surface area contributed by atoms with Crippen LogP contribution < -0.4 is 0 Å². The highest BCUT2D eigenvalue weighted by atomic mass is 19.3. The molecule has 1 amide bonds. The summed E-state index contributed by atoms with van der Waals surface area (Å²) in [5, 5.41) is 8.15. The van der Waals surface area contributed by atoms with Crippen molar-refractivity contribution >= 4 is 11.6 Å². The van der Waals surface area contributed by atoms with Gasteiger partial charge in [0, 0.05) is 25.4 Å². The fraction of sp³-hybridized carbons (Fsp3) is 0.238. The topological polar surface area (TPSA) is 68.3 Å². The lowest BCUT2D eigenvalue weighted by Crippen LogP contribution is -2.27. The zero-order valence-electron chi connectivity index (χ0n) is 16.8. The molecule has 160 valence electrons. The van der Waals surface area contributed by atoms with Gasteiger partial charge in [-0.1, -0.05) is 0 Å². The molecule has 0 aliphatic carbocycles. The zero-order valence-corrected chi connectivity index (χ0v) is 16.8. The van der Waals surface area contributed by atoms with Crippen molar-refractivity contribution in [2.24, 2.45) is 0 Å². The third kappa shape index (κ3) is 3.88. The van der Waals surface area contributed by atoms with Crippen molar-refractivity contribution in [1.82, 2.24) is 29.3 Å². The van der Waals surface area contributed by atoms with Crippen LogP contribution in [0.3, 0.4) is 0 Å². The highest BCUT2D eigenvalue weighted by Gasteiger charge is 2.24. The summed E-state index contributed by atoms with van der Waals surface area (Å²) in [6, 6.07) is 8.32. The van der Waals surface area contributed by atoms with Crippen molar-refractivity contribution in [2.75, 3.05) is 7.05 Å². The van der Waals surface area contributed by atoms with Crippen molar-refractivity contribution < 1.29 is 18.0 Å². The maximum atomic E-state index is 13.7. The molecule has 0 atom stereocenters. The molecule has 0 aliphatic heterocycles. The first-order valence-corrected chi connectivity index (χ1v) is 9.58. The summed E-state index contributed by atoms with van der Waals surface area (Å²) >= 11 is 0. The van der Waals surface area contributed by atoms with E-state index < -0.39 is 23.8 Å². The lowest BCUT2D eigenvalue weighted by atomic mass is 10.1. The smallest absolute Gasteiger partial charge is 0.280 e. The number of carbonyl (C=O) groups is 1. The van der Waals surface area contributed by atoms with Crippen molar-refractivity contribution in [3.05, 3.63) is 71.6 Å². The average Bonchev–Trinajstić information content (AvgIpc) is 3.39. The van der Waals surface area contributed by atoms with Gasteiger partial charge in [-0.2, -0.15) is 10.2 Å². The summed E-state index contributed by atoms with van der Waals surface area (Å²) in [6.45, 7) is 2.88. The molecule has 3 aromatic heterocycles. The van der Waals surface area contributed by atoms with E-state index in [4.69, 9.17) is 0 Å². The second-order valence-electron chi connectivity index (χ2n) is 6.97. The van der Waals surface area contributed by atoms with E-state index in [-0.39, 0.29) is 23.4 Å². The highest BCUT2D eigenvalue weighted by Crippen LogP contribution is 2.27. The summed E-state index contributed by atoms with van der Waals surface area (Å²) in [7, 11) is 1.61. The molecule has 0 aliphatic rings. The molecule has 3 heterocycles. The van der Waals surface area contributed by atoms with Gasteiger partial charge in [-0.3, -0.25) is 9.48 Å². The summed E-state index contributed by atoms with van der Waals surface area (Å²) < 4.78 is 43.4. The minimum Gasteiger partial charge on any atom is -0.336 e. The number of aromatic nitrogens is 5. The molecule has 1 aromatic carbocycles.